The first-order valence-corrected chi connectivity index (χ1v) is 7.85. The van der Waals surface area contributed by atoms with Gasteiger partial charge in [-0.05, 0) is 62.5 Å². The third-order valence-electron chi connectivity index (χ3n) is 3.50. The minimum Gasteiger partial charge on any atom is -0.394 e. The minimum absolute atomic E-state index is 1.05. The van der Waals surface area contributed by atoms with E-state index in [1.54, 1.807) is 0 Å². The van der Waals surface area contributed by atoms with Crippen molar-refractivity contribution in [2.24, 2.45) is 0 Å². The molecule has 3 nitrogen and oxygen atoms in total. The van der Waals surface area contributed by atoms with Gasteiger partial charge in [0.05, 0.1) is 0 Å². The topological polar surface area (TPSA) is 27.3 Å². The van der Waals surface area contributed by atoms with Crippen LogP contribution in [0, 0.1) is 0 Å². The van der Waals surface area contributed by atoms with E-state index < -0.39 is 0 Å². The standard InChI is InChI=1S/C19H29N3/c1-5-17(13-15-21-3)7-8-18-9-11-19(12-10-18)22(4)16-6-14-20-2/h5,7-13,15,20-21H,6,14,16H2,1-4H3. The van der Waals surface area contributed by atoms with E-state index in [-0.39, 0.29) is 0 Å². The number of benzene rings is 1. The van der Waals surface area contributed by atoms with Crippen LogP contribution >= 0.6 is 0 Å². The van der Waals surface area contributed by atoms with Gasteiger partial charge in [-0.1, -0.05) is 30.4 Å². The van der Waals surface area contributed by atoms with Gasteiger partial charge in [-0.15, -0.1) is 0 Å². The van der Waals surface area contributed by atoms with Gasteiger partial charge in [-0.3, -0.25) is 0 Å². The zero-order valence-electron chi connectivity index (χ0n) is 14.3. The fourth-order valence-corrected chi connectivity index (χ4v) is 2.08. The van der Waals surface area contributed by atoms with Crippen molar-refractivity contribution in [1.82, 2.24) is 10.6 Å². The van der Waals surface area contributed by atoms with Crippen LogP contribution in [-0.2, 0) is 0 Å². The van der Waals surface area contributed by atoms with E-state index in [4.69, 9.17) is 0 Å². The van der Waals surface area contributed by atoms with Gasteiger partial charge in [0.25, 0.3) is 0 Å². The van der Waals surface area contributed by atoms with Gasteiger partial charge in [0, 0.05) is 26.3 Å². The fourth-order valence-electron chi connectivity index (χ4n) is 2.08. The molecule has 0 aliphatic heterocycles. The molecule has 0 atom stereocenters. The van der Waals surface area contributed by atoms with Crippen LogP contribution in [-0.4, -0.2) is 34.2 Å². The largest absolute Gasteiger partial charge is 0.394 e. The summed E-state index contributed by atoms with van der Waals surface area (Å²) in [6.07, 6.45) is 11.5. The normalized spacial score (nSPS) is 12.3. The number of anilines is 1. The van der Waals surface area contributed by atoms with E-state index in [0.717, 1.165) is 19.5 Å². The Balaban J connectivity index is 2.62. The van der Waals surface area contributed by atoms with Crippen molar-refractivity contribution >= 4 is 11.8 Å². The van der Waals surface area contributed by atoms with Crippen LogP contribution in [0.2, 0.25) is 0 Å². The van der Waals surface area contributed by atoms with Gasteiger partial charge >= 0.3 is 0 Å². The molecule has 0 saturated heterocycles. The predicted octanol–water partition coefficient (Wildman–Crippen LogP) is 3.42. The van der Waals surface area contributed by atoms with Crippen LogP contribution in [0.15, 0.2) is 54.3 Å². The number of rotatable bonds is 9. The van der Waals surface area contributed by atoms with Crippen LogP contribution in [0.4, 0.5) is 5.69 Å². The Morgan fingerprint density at radius 1 is 1.14 bits per heavy atom. The van der Waals surface area contributed by atoms with Crippen LogP contribution in [0.5, 0.6) is 0 Å². The second kappa shape index (κ2) is 10.7. The monoisotopic (exact) mass is 299 g/mol. The lowest BCUT2D eigenvalue weighted by Crippen LogP contribution is -2.22. The van der Waals surface area contributed by atoms with E-state index in [9.17, 15) is 0 Å². The molecule has 0 aliphatic rings. The van der Waals surface area contributed by atoms with E-state index >= 15 is 0 Å². The SMILES string of the molecule is CC=C(C=CNC)C=Cc1ccc(N(C)CCCNC)cc1. The van der Waals surface area contributed by atoms with E-state index in [1.165, 1.54) is 16.8 Å². The van der Waals surface area contributed by atoms with Crippen molar-refractivity contribution in [3.05, 3.63) is 59.8 Å². The number of nitrogens with one attached hydrogen (secondary N) is 2. The van der Waals surface area contributed by atoms with Gasteiger partial charge < -0.3 is 15.5 Å². The third kappa shape index (κ3) is 6.64. The van der Waals surface area contributed by atoms with Gasteiger partial charge in [-0.25, -0.2) is 0 Å². The Morgan fingerprint density at radius 3 is 2.45 bits per heavy atom. The summed E-state index contributed by atoms with van der Waals surface area (Å²) in [5.74, 6) is 0. The molecule has 0 saturated carbocycles. The molecule has 0 spiro atoms. The molecule has 1 rings (SSSR count). The highest BCUT2D eigenvalue weighted by atomic mass is 15.1. The first-order chi connectivity index (χ1) is 10.7. The number of hydrogen-bond acceptors (Lipinski definition) is 3. The Hall–Kier alpha value is -2.00. The molecule has 120 valence electrons. The van der Waals surface area contributed by atoms with Crippen molar-refractivity contribution < 1.29 is 0 Å². The number of hydrogen-bond donors (Lipinski definition) is 2. The lowest BCUT2D eigenvalue weighted by atomic mass is 10.1. The molecular formula is C19H29N3. The second-order valence-electron chi connectivity index (χ2n) is 5.21. The predicted molar refractivity (Wildman–Crippen MR) is 99.2 cm³/mol. The molecule has 1 aromatic rings. The van der Waals surface area contributed by atoms with E-state index in [1.807, 2.05) is 27.2 Å². The summed E-state index contributed by atoms with van der Waals surface area (Å²) in [5.41, 5.74) is 3.65. The second-order valence-corrected chi connectivity index (χ2v) is 5.21. The number of nitrogens with zero attached hydrogens (tertiary/aromatic N) is 1. The zero-order valence-corrected chi connectivity index (χ0v) is 14.3. The number of allylic oxidation sites excluding steroid dienone is 4. The molecule has 0 unspecified atom stereocenters. The maximum absolute atomic E-state index is 3.18. The highest BCUT2D eigenvalue weighted by molar-refractivity contribution is 5.58. The Bertz CT molecular complexity index is 498. The average molecular weight is 299 g/mol. The van der Waals surface area contributed by atoms with Crippen molar-refractivity contribution in [2.75, 3.05) is 39.1 Å². The Morgan fingerprint density at radius 2 is 1.86 bits per heavy atom. The first-order valence-electron chi connectivity index (χ1n) is 7.85. The van der Waals surface area contributed by atoms with E-state index in [0.29, 0.717) is 0 Å². The molecule has 22 heavy (non-hydrogen) atoms. The molecule has 1 aromatic carbocycles. The van der Waals surface area contributed by atoms with Gasteiger partial charge in [-0.2, -0.15) is 0 Å². The van der Waals surface area contributed by atoms with Crippen molar-refractivity contribution in [1.29, 1.82) is 0 Å². The summed E-state index contributed by atoms with van der Waals surface area (Å²) in [6, 6.07) is 8.68. The van der Waals surface area contributed by atoms with E-state index in [2.05, 4.69) is 71.2 Å². The summed E-state index contributed by atoms with van der Waals surface area (Å²) in [6.45, 7) is 4.16. The average Bonchev–Trinajstić information content (AvgIpc) is 2.55. The Kier molecular flexibility index (Phi) is 8.77. The molecule has 0 bridgehead atoms. The summed E-state index contributed by atoms with van der Waals surface area (Å²) in [5, 5.41) is 6.19. The molecule has 0 heterocycles. The van der Waals surface area contributed by atoms with Crippen LogP contribution in [0.25, 0.3) is 6.08 Å². The molecule has 0 aromatic heterocycles. The molecule has 0 radical (unpaired) electrons. The highest BCUT2D eigenvalue weighted by Crippen LogP contribution is 2.15. The fraction of sp³-hybridized carbons (Fsp3) is 0.368. The minimum atomic E-state index is 1.05. The third-order valence-corrected chi connectivity index (χ3v) is 3.50. The quantitative estimate of drug-likeness (QED) is 0.540. The first kappa shape index (κ1) is 18.1. The smallest absolute Gasteiger partial charge is 0.0364 e. The molecule has 0 fully saturated rings. The summed E-state index contributed by atoms with van der Waals surface area (Å²) in [7, 11) is 6.03. The Labute approximate surface area is 135 Å². The molecule has 0 aliphatic carbocycles. The van der Waals surface area contributed by atoms with Crippen LogP contribution in [0.3, 0.4) is 0 Å². The van der Waals surface area contributed by atoms with Crippen LogP contribution in [0.1, 0.15) is 18.9 Å². The van der Waals surface area contributed by atoms with Gasteiger partial charge in [0.2, 0.25) is 0 Å². The lowest BCUT2D eigenvalue weighted by Gasteiger charge is -2.19. The summed E-state index contributed by atoms with van der Waals surface area (Å²) < 4.78 is 0. The maximum atomic E-state index is 3.18. The van der Waals surface area contributed by atoms with Gasteiger partial charge in [0.15, 0.2) is 0 Å². The zero-order chi connectivity index (χ0) is 16.2. The van der Waals surface area contributed by atoms with Crippen molar-refractivity contribution in [3.63, 3.8) is 0 Å². The highest BCUT2D eigenvalue weighted by Gasteiger charge is 1.99. The summed E-state index contributed by atoms with van der Waals surface area (Å²) in [4.78, 5) is 2.29. The van der Waals surface area contributed by atoms with Gasteiger partial charge in [0.1, 0.15) is 0 Å². The van der Waals surface area contributed by atoms with Crippen molar-refractivity contribution in [3.8, 4) is 0 Å². The molecule has 3 heteroatoms. The molecular weight excluding hydrogens is 270 g/mol. The molecule has 0 amide bonds. The van der Waals surface area contributed by atoms with Crippen molar-refractivity contribution in [2.45, 2.75) is 13.3 Å². The summed E-state index contributed by atoms with van der Waals surface area (Å²) >= 11 is 0. The lowest BCUT2D eigenvalue weighted by molar-refractivity contribution is 0.713. The van der Waals surface area contributed by atoms with Crippen LogP contribution < -0.4 is 15.5 Å². The molecule has 2 N–H and O–H groups in total. The maximum Gasteiger partial charge on any atom is 0.0364 e.